The van der Waals surface area contributed by atoms with Crippen molar-refractivity contribution >= 4 is 10.8 Å². The normalized spacial score (nSPS) is 9.85. The second kappa shape index (κ2) is 2.87. The van der Waals surface area contributed by atoms with Gasteiger partial charge in [-0.05, 0) is 23.9 Å². The molecular formula is C11H8N2. The summed E-state index contributed by atoms with van der Waals surface area (Å²) in [4.78, 5) is 4.03. The van der Waals surface area contributed by atoms with E-state index in [9.17, 15) is 0 Å². The fraction of sp³-hybridized carbons (Fsp3) is 0.0909. The molecule has 0 N–H and O–H groups in total. The maximum Gasteiger partial charge on any atom is 0.148 e. The first-order chi connectivity index (χ1) is 6.33. The maximum absolute atomic E-state index is 8.85. The van der Waals surface area contributed by atoms with Crippen LogP contribution >= 0.6 is 0 Å². The largest absolute Gasteiger partial charge is 0.245 e. The first-order valence-corrected chi connectivity index (χ1v) is 4.07. The van der Waals surface area contributed by atoms with Crippen molar-refractivity contribution in [2.24, 2.45) is 0 Å². The molecule has 2 aromatic rings. The van der Waals surface area contributed by atoms with E-state index in [0.29, 0.717) is 5.69 Å². The van der Waals surface area contributed by atoms with Gasteiger partial charge in [-0.3, -0.25) is 0 Å². The van der Waals surface area contributed by atoms with Gasteiger partial charge in [0.05, 0.1) is 0 Å². The summed E-state index contributed by atoms with van der Waals surface area (Å²) in [6, 6.07) is 9.99. The number of benzene rings is 1. The van der Waals surface area contributed by atoms with Crippen LogP contribution in [0, 0.1) is 18.3 Å². The average Bonchev–Trinajstić information content (AvgIpc) is 2.17. The Kier molecular flexibility index (Phi) is 1.71. The molecule has 2 nitrogen and oxygen atoms in total. The Morgan fingerprint density at radius 1 is 1.31 bits per heavy atom. The van der Waals surface area contributed by atoms with Gasteiger partial charge in [0.1, 0.15) is 11.8 Å². The summed E-state index contributed by atoms with van der Waals surface area (Å²) in [5.41, 5.74) is 1.61. The van der Waals surface area contributed by atoms with E-state index in [0.717, 1.165) is 16.3 Å². The quantitative estimate of drug-likeness (QED) is 0.605. The molecular weight excluding hydrogens is 160 g/mol. The standard InChI is InChI=1S/C11H8N2/c1-8-3-2-4-9-5-6-13-10(7-12)11(8)9/h2-6H,1H3. The second-order valence-electron chi connectivity index (χ2n) is 2.94. The van der Waals surface area contributed by atoms with E-state index in [1.165, 1.54) is 0 Å². The van der Waals surface area contributed by atoms with Crippen LogP contribution in [0.25, 0.3) is 10.8 Å². The van der Waals surface area contributed by atoms with Crippen molar-refractivity contribution in [1.82, 2.24) is 4.98 Å². The molecule has 62 valence electrons. The molecule has 1 aromatic carbocycles. The van der Waals surface area contributed by atoms with Crippen LogP contribution in [-0.4, -0.2) is 4.98 Å². The summed E-state index contributed by atoms with van der Waals surface area (Å²) < 4.78 is 0. The molecule has 0 amide bonds. The van der Waals surface area contributed by atoms with Crippen molar-refractivity contribution in [1.29, 1.82) is 5.26 Å². The Morgan fingerprint density at radius 2 is 2.15 bits per heavy atom. The molecule has 13 heavy (non-hydrogen) atoms. The van der Waals surface area contributed by atoms with Crippen molar-refractivity contribution in [2.45, 2.75) is 6.92 Å². The summed E-state index contributed by atoms with van der Waals surface area (Å²) in [5, 5.41) is 10.9. The molecule has 0 fully saturated rings. The van der Waals surface area contributed by atoms with Gasteiger partial charge in [-0.2, -0.15) is 5.26 Å². The van der Waals surface area contributed by atoms with E-state index in [2.05, 4.69) is 11.1 Å². The van der Waals surface area contributed by atoms with Crippen molar-refractivity contribution < 1.29 is 0 Å². The van der Waals surface area contributed by atoms with E-state index in [1.54, 1.807) is 6.20 Å². The van der Waals surface area contributed by atoms with Crippen LogP contribution < -0.4 is 0 Å². The molecule has 0 aliphatic heterocycles. The van der Waals surface area contributed by atoms with Crippen LogP contribution in [0.15, 0.2) is 30.5 Å². The molecule has 0 unspecified atom stereocenters. The molecule has 2 rings (SSSR count). The van der Waals surface area contributed by atoms with Gasteiger partial charge in [0, 0.05) is 11.6 Å². The van der Waals surface area contributed by atoms with Crippen LogP contribution in [0.2, 0.25) is 0 Å². The van der Waals surface area contributed by atoms with Gasteiger partial charge in [-0.15, -0.1) is 0 Å². The predicted octanol–water partition coefficient (Wildman–Crippen LogP) is 2.41. The fourth-order valence-electron chi connectivity index (χ4n) is 1.49. The summed E-state index contributed by atoms with van der Waals surface area (Å²) in [6.07, 6.45) is 1.67. The van der Waals surface area contributed by atoms with Crippen molar-refractivity contribution in [3.63, 3.8) is 0 Å². The molecule has 2 heteroatoms. The fourth-order valence-corrected chi connectivity index (χ4v) is 1.49. The Balaban J connectivity index is 2.97. The third-order valence-electron chi connectivity index (χ3n) is 2.11. The Morgan fingerprint density at radius 3 is 2.92 bits per heavy atom. The number of fused-ring (bicyclic) bond motifs is 1. The number of pyridine rings is 1. The predicted molar refractivity (Wildman–Crippen MR) is 51.2 cm³/mol. The Labute approximate surface area is 76.5 Å². The maximum atomic E-state index is 8.85. The minimum Gasteiger partial charge on any atom is -0.245 e. The van der Waals surface area contributed by atoms with Crippen molar-refractivity contribution in [2.75, 3.05) is 0 Å². The molecule has 0 aliphatic carbocycles. The highest BCUT2D eigenvalue weighted by Crippen LogP contribution is 2.19. The Bertz CT molecular complexity index is 490. The highest BCUT2D eigenvalue weighted by atomic mass is 14.7. The van der Waals surface area contributed by atoms with Gasteiger partial charge in [0.2, 0.25) is 0 Å². The van der Waals surface area contributed by atoms with Crippen molar-refractivity contribution in [3.05, 3.63) is 41.7 Å². The summed E-state index contributed by atoms with van der Waals surface area (Å²) in [7, 11) is 0. The van der Waals surface area contributed by atoms with E-state index in [-0.39, 0.29) is 0 Å². The molecule has 0 saturated carbocycles. The van der Waals surface area contributed by atoms with Crippen LogP contribution in [0.4, 0.5) is 0 Å². The summed E-state index contributed by atoms with van der Waals surface area (Å²) in [5.74, 6) is 0. The van der Waals surface area contributed by atoms with Gasteiger partial charge in [-0.25, -0.2) is 4.98 Å². The lowest BCUT2D eigenvalue weighted by atomic mass is 10.1. The first-order valence-electron chi connectivity index (χ1n) is 4.07. The number of aryl methyl sites for hydroxylation is 1. The van der Waals surface area contributed by atoms with E-state index >= 15 is 0 Å². The number of rotatable bonds is 0. The summed E-state index contributed by atoms with van der Waals surface area (Å²) >= 11 is 0. The van der Waals surface area contributed by atoms with E-state index in [4.69, 9.17) is 5.26 Å². The second-order valence-corrected chi connectivity index (χ2v) is 2.94. The number of hydrogen-bond acceptors (Lipinski definition) is 2. The molecule has 1 aromatic heterocycles. The van der Waals surface area contributed by atoms with Gasteiger partial charge in [-0.1, -0.05) is 18.2 Å². The smallest absolute Gasteiger partial charge is 0.148 e. The van der Waals surface area contributed by atoms with Crippen molar-refractivity contribution in [3.8, 4) is 6.07 Å². The minimum atomic E-state index is 0.510. The molecule has 0 spiro atoms. The number of aromatic nitrogens is 1. The Hall–Kier alpha value is -1.88. The monoisotopic (exact) mass is 168 g/mol. The molecule has 1 heterocycles. The molecule has 0 atom stereocenters. The van der Waals surface area contributed by atoms with Crippen LogP contribution in [0.3, 0.4) is 0 Å². The van der Waals surface area contributed by atoms with Crippen LogP contribution in [0.5, 0.6) is 0 Å². The zero-order chi connectivity index (χ0) is 9.26. The third kappa shape index (κ3) is 1.15. The minimum absolute atomic E-state index is 0.510. The van der Waals surface area contributed by atoms with E-state index < -0.39 is 0 Å². The zero-order valence-corrected chi connectivity index (χ0v) is 7.28. The molecule has 0 aliphatic rings. The van der Waals surface area contributed by atoms with Gasteiger partial charge in [0.15, 0.2) is 0 Å². The highest BCUT2D eigenvalue weighted by molar-refractivity contribution is 5.89. The van der Waals surface area contributed by atoms with Gasteiger partial charge >= 0.3 is 0 Å². The lowest BCUT2D eigenvalue weighted by Crippen LogP contribution is -1.86. The topological polar surface area (TPSA) is 36.7 Å². The molecule has 0 bridgehead atoms. The third-order valence-corrected chi connectivity index (χ3v) is 2.11. The number of nitriles is 1. The SMILES string of the molecule is Cc1cccc2ccnc(C#N)c12. The zero-order valence-electron chi connectivity index (χ0n) is 7.28. The number of nitrogens with zero attached hydrogens (tertiary/aromatic N) is 2. The lowest BCUT2D eigenvalue weighted by molar-refractivity contribution is 1.29. The summed E-state index contributed by atoms with van der Waals surface area (Å²) in [6.45, 7) is 1.99. The highest BCUT2D eigenvalue weighted by Gasteiger charge is 2.02. The van der Waals surface area contributed by atoms with Crippen LogP contribution in [0.1, 0.15) is 11.3 Å². The average molecular weight is 168 g/mol. The van der Waals surface area contributed by atoms with E-state index in [1.807, 2.05) is 31.2 Å². The van der Waals surface area contributed by atoms with Gasteiger partial charge < -0.3 is 0 Å². The molecule has 0 saturated heterocycles. The van der Waals surface area contributed by atoms with Gasteiger partial charge in [0.25, 0.3) is 0 Å². The first kappa shape index (κ1) is 7.75. The van der Waals surface area contributed by atoms with Crippen LogP contribution in [-0.2, 0) is 0 Å². The number of hydrogen-bond donors (Lipinski definition) is 0. The molecule has 0 radical (unpaired) electrons. The lowest BCUT2D eigenvalue weighted by Gasteiger charge is -2.01.